The van der Waals surface area contributed by atoms with Gasteiger partial charge in [-0.2, -0.15) is 5.26 Å². The zero-order valence-corrected chi connectivity index (χ0v) is 24.4. The van der Waals surface area contributed by atoms with E-state index in [0.717, 1.165) is 35.1 Å². The molecule has 2 aromatic carbocycles. The van der Waals surface area contributed by atoms with E-state index in [2.05, 4.69) is 31.7 Å². The Morgan fingerprint density at radius 3 is 2.67 bits per heavy atom. The number of amides is 1. The van der Waals surface area contributed by atoms with Crippen LogP contribution in [0.2, 0.25) is 5.02 Å². The molecule has 1 amide bonds. The Morgan fingerprint density at radius 1 is 1.05 bits per heavy atom. The summed E-state index contributed by atoms with van der Waals surface area (Å²) in [4.78, 5) is 27.9. The van der Waals surface area contributed by atoms with Crippen LogP contribution in [0.4, 0.5) is 17.1 Å². The molecule has 0 radical (unpaired) electrons. The van der Waals surface area contributed by atoms with Crippen molar-refractivity contribution in [1.29, 1.82) is 5.26 Å². The molecule has 42 heavy (non-hydrogen) atoms. The Hall–Kier alpha value is -4.78. The molecule has 5 rings (SSSR count). The second-order valence-electron chi connectivity index (χ2n) is 10.2. The number of rotatable bonds is 10. The lowest BCUT2D eigenvalue weighted by atomic mass is 10.0. The van der Waals surface area contributed by atoms with Crippen LogP contribution in [0.15, 0.2) is 67.1 Å². The number of ether oxygens (including phenoxy) is 1. The second kappa shape index (κ2) is 12.8. The molecule has 0 bridgehead atoms. The molecule has 10 heteroatoms. The zero-order chi connectivity index (χ0) is 29.6. The van der Waals surface area contributed by atoms with Crippen molar-refractivity contribution in [3.8, 4) is 11.8 Å². The zero-order valence-electron chi connectivity index (χ0n) is 23.6. The lowest BCUT2D eigenvalue weighted by molar-refractivity contribution is -0.116. The first kappa shape index (κ1) is 28.7. The lowest BCUT2D eigenvalue weighted by Crippen LogP contribution is -2.17. The molecular formula is C32H30ClN7O2. The summed E-state index contributed by atoms with van der Waals surface area (Å²) in [5.41, 5.74) is 6.35. The maximum Gasteiger partial charge on any atom is 0.224 e. The van der Waals surface area contributed by atoms with Gasteiger partial charge in [-0.05, 0) is 88.1 Å². The van der Waals surface area contributed by atoms with Gasteiger partial charge < -0.3 is 20.3 Å². The summed E-state index contributed by atoms with van der Waals surface area (Å²) in [7, 11) is 3.96. The third-order valence-electron chi connectivity index (χ3n) is 6.72. The number of pyridine rings is 3. The van der Waals surface area contributed by atoms with E-state index in [0.29, 0.717) is 50.7 Å². The number of nitriles is 1. The normalized spacial score (nSPS) is 11.0. The Labute approximate surface area is 249 Å². The average molecular weight is 580 g/mol. The van der Waals surface area contributed by atoms with Crippen LogP contribution in [-0.4, -0.2) is 46.4 Å². The summed E-state index contributed by atoms with van der Waals surface area (Å²) >= 11 is 6.59. The molecule has 0 saturated carbocycles. The number of carbonyl (C=O) groups is 1. The van der Waals surface area contributed by atoms with Crippen LogP contribution in [0.25, 0.3) is 21.9 Å². The van der Waals surface area contributed by atoms with Gasteiger partial charge in [0.05, 0.1) is 32.8 Å². The number of hydrogen-bond acceptors (Lipinski definition) is 8. The number of hydrogen-bond donors (Lipinski definition) is 2. The van der Waals surface area contributed by atoms with Gasteiger partial charge in [0.1, 0.15) is 18.4 Å². The van der Waals surface area contributed by atoms with Crippen LogP contribution in [-0.2, 0) is 11.4 Å². The molecule has 0 fully saturated rings. The number of nitrogens with one attached hydrogen (secondary N) is 2. The lowest BCUT2D eigenvalue weighted by Gasteiger charge is -2.16. The number of halogens is 1. The van der Waals surface area contributed by atoms with Crippen molar-refractivity contribution < 1.29 is 9.53 Å². The summed E-state index contributed by atoms with van der Waals surface area (Å²) in [5.74, 6) is 0.453. The van der Waals surface area contributed by atoms with Crippen LogP contribution in [0.1, 0.15) is 29.5 Å². The molecule has 212 valence electrons. The SMILES string of the molecule is Cc1cc2ncc(C#N)c(Nc3ccc(OCc4cnc5cccnc5c4)c(Cl)c3)c2cc1NC(=O)CCCN(C)C. The highest BCUT2D eigenvalue weighted by atomic mass is 35.5. The van der Waals surface area contributed by atoms with Gasteiger partial charge in [-0.1, -0.05) is 11.6 Å². The minimum atomic E-state index is -0.0590. The maximum atomic E-state index is 12.6. The smallest absolute Gasteiger partial charge is 0.224 e. The first-order valence-electron chi connectivity index (χ1n) is 13.5. The standard InChI is InChI=1S/C32H30ClN7O2/c1-20-12-28-24(15-27(20)39-31(41)7-5-11-40(2)3)32(22(16-34)18-37-28)38-23-8-9-30(25(33)14-23)42-19-21-13-29-26(36-17-21)6-4-10-35-29/h4,6,8-10,12-15,17-18H,5,7,11,19H2,1-3H3,(H,37,38)(H,39,41). The summed E-state index contributed by atoms with van der Waals surface area (Å²) < 4.78 is 5.97. The minimum absolute atomic E-state index is 0.0590. The number of aromatic nitrogens is 3. The monoisotopic (exact) mass is 579 g/mol. The summed E-state index contributed by atoms with van der Waals surface area (Å²) in [5, 5.41) is 17.3. The number of carbonyl (C=O) groups excluding carboxylic acids is 1. The van der Waals surface area contributed by atoms with E-state index in [4.69, 9.17) is 16.3 Å². The van der Waals surface area contributed by atoms with Crippen LogP contribution in [0, 0.1) is 18.3 Å². The van der Waals surface area contributed by atoms with Crippen molar-refractivity contribution in [2.75, 3.05) is 31.3 Å². The van der Waals surface area contributed by atoms with Crippen molar-refractivity contribution in [3.63, 3.8) is 0 Å². The van der Waals surface area contributed by atoms with E-state index >= 15 is 0 Å². The molecule has 0 aliphatic heterocycles. The van der Waals surface area contributed by atoms with Crippen molar-refractivity contribution in [2.24, 2.45) is 0 Å². The highest BCUT2D eigenvalue weighted by molar-refractivity contribution is 6.32. The highest BCUT2D eigenvalue weighted by Gasteiger charge is 2.14. The topological polar surface area (TPSA) is 116 Å². The van der Waals surface area contributed by atoms with Gasteiger partial charge in [-0.3, -0.25) is 19.7 Å². The van der Waals surface area contributed by atoms with Crippen LogP contribution in [0.5, 0.6) is 5.75 Å². The quantitative estimate of drug-likeness (QED) is 0.190. The summed E-state index contributed by atoms with van der Waals surface area (Å²) in [6.45, 7) is 3.03. The number of fused-ring (bicyclic) bond motifs is 2. The number of aryl methyl sites for hydroxylation is 1. The molecule has 0 aliphatic carbocycles. The predicted octanol–water partition coefficient (Wildman–Crippen LogP) is 6.61. The fourth-order valence-corrected chi connectivity index (χ4v) is 4.78. The van der Waals surface area contributed by atoms with E-state index in [-0.39, 0.29) is 12.5 Å². The third-order valence-corrected chi connectivity index (χ3v) is 7.02. The largest absolute Gasteiger partial charge is 0.487 e. The van der Waals surface area contributed by atoms with Gasteiger partial charge in [-0.25, -0.2) is 0 Å². The molecule has 0 saturated heterocycles. The van der Waals surface area contributed by atoms with Crippen molar-refractivity contribution in [2.45, 2.75) is 26.4 Å². The molecule has 0 spiro atoms. The number of anilines is 3. The molecule has 2 N–H and O–H groups in total. The van der Waals surface area contributed by atoms with E-state index in [1.165, 1.54) is 6.20 Å². The first-order chi connectivity index (χ1) is 20.3. The van der Waals surface area contributed by atoms with Gasteiger partial charge in [-0.15, -0.1) is 0 Å². The van der Waals surface area contributed by atoms with Gasteiger partial charge in [0.25, 0.3) is 0 Å². The Bertz CT molecular complexity index is 1820. The molecule has 9 nitrogen and oxygen atoms in total. The van der Waals surface area contributed by atoms with Gasteiger partial charge >= 0.3 is 0 Å². The second-order valence-corrected chi connectivity index (χ2v) is 10.6. The van der Waals surface area contributed by atoms with Crippen molar-refractivity contribution in [1.82, 2.24) is 19.9 Å². The molecule has 5 aromatic rings. The van der Waals surface area contributed by atoms with E-state index in [9.17, 15) is 10.1 Å². The molecule has 0 aliphatic rings. The fraction of sp³-hybridized carbons (Fsp3) is 0.219. The molecular weight excluding hydrogens is 550 g/mol. The van der Waals surface area contributed by atoms with E-state index < -0.39 is 0 Å². The highest BCUT2D eigenvalue weighted by Crippen LogP contribution is 2.35. The van der Waals surface area contributed by atoms with Crippen LogP contribution in [0.3, 0.4) is 0 Å². The third kappa shape index (κ3) is 6.74. The Morgan fingerprint density at radius 2 is 1.88 bits per heavy atom. The van der Waals surface area contributed by atoms with Crippen LogP contribution < -0.4 is 15.4 Å². The van der Waals surface area contributed by atoms with Gasteiger partial charge in [0, 0.05) is 47.3 Å². The van der Waals surface area contributed by atoms with Gasteiger partial charge in [0.15, 0.2) is 0 Å². The Kier molecular flexibility index (Phi) is 8.77. The van der Waals surface area contributed by atoms with Crippen LogP contribution >= 0.6 is 11.6 Å². The Balaban J connectivity index is 1.35. The number of benzene rings is 2. The summed E-state index contributed by atoms with van der Waals surface area (Å²) in [6, 6.07) is 17.0. The average Bonchev–Trinajstić information content (AvgIpc) is 2.97. The number of nitrogens with zero attached hydrogens (tertiary/aromatic N) is 5. The minimum Gasteiger partial charge on any atom is -0.487 e. The first-order valence-corrected chi connectivity index (χ1v) is 13.9. The molecule has 0 atom stereocenters. The molecule has 3 aromatic heterocycles. The maximum absolute atomic E-state index is 12.6. The predicted molar refractivity (Wildman–Crippen MR) is 166 cm³/mol. The molecule has 3 heterocycles. The fourth-order valence-electron chi connectivity index (χ4n) is 4.54. The van der Waals surface area contributed by atoms with Gasteiger partial charge in [0.2, 0.25) is 5.91 Å². The van der Waals surface area contributed by atoms with Crippen molar-refractivity contribution in [3.05, 3.63) is 88.8 Å². The summed E-state index contributed by atoms with van der Waals surface area (Å²) in [6.07, 6.45) is 6.20. The molecule has 0 unspecified atom stereocenters. The van der Waals surface area contributed by atoms with Crippen molar-refractivity contribution >= 4 is 56.5 Å². The van der Waals surface area contributed by atoms with E-state index in [1.807, 2.05) is 62.3 Å². The van der Waals surface area contributed by atoms with E-state index in [1.54, 1.807) is 24.5 Å².